The Hall–Kier alpha value is 1.45. The number of hydrogen-bond acceptors (Lipinski definition) is 28. The Morgan fingerprint density at radius 1 is 0.194 bits per heavy atom. The zero-order valence-electron chi connectivity index (χ0n) is 89.2. The molecule has 0 aromatic rings. The Labute approximate surface area is 830 Å². The zero-order valence-corrected chi connectivity index (χ0v) is 105. The van der Waals surface area contributed by atoms with E-state index in [9.17, 15) is 4.79 Å². The smallest absolute Gasteiger partial charge is 0.466 e. The first-order chi connectivity index (χ1) is 62.8. The number of rotatable bonds is 62. The van der Waals surface area contributed by atoms with Gasteiger partial charge in [-0.15, -0.1) is 0 Å². The predicted molar refractivity (Wildman–Crippen MR) is 554 cm³/mol. The molecule has 0 N–H and O–H groups in total. The van der Waals surface area contributed by atoms with E-state index in [1.54, 1.807) is 0 Å². The number of carbonyl (C=O) groups excluding carboxylic acids is 2. The monoisotopic (exact) mass is 2170 g/mol. The van der Waals surface area contributed by atoms with Crippen LogP contribution >= 0.6 is 0 Å². The van der Waals surface area contributed by atoms with Gasteiger partial charge in [0.15, 0.2) is 0 Å². The first-order valence-electron chi connectivity index (χ1n) is 53.9. The van der Waals surface area contributed by atoms with Crippen LogP contribution in [0.25, 0.3) is 0 Å². The standard InChI is InChI=1S/C90H190O28Si16/c1-30-31-32-33-40-45-50-55-88(134-116-131(71-85(24)25)110-128(68-82(18)19)107-127(67-81(16)17)108-129(112-131,69-83(20)21)114-133(118-134,73-87(28)29)115-130(109-127,70-84(22)23)113-132(111-128,117-134)72-86(26)27)90(92)94-58-53-48-43-38-35-34-37-42-47-52-57-93-89(91)56-51-46-41-36-39-44-49-54-59-119-95-120(60-74(2)3)98-123(63-77(8)9)100-121(96-119,61-75(4)5)102-125(65-79(12)13)103-122(97-119,62-76(6)7)101-124(99-120,64-78(10)11)105-126(104-123,106-125)66-80(14)15/h74-88H,30-73H2,1-29H3. The molecule has 16 bridgehead atoms. The fraction of sp³-hybridized carbons (Fsp3) is 0.978. The summed E-state index contributed by atoms with van der Waals surface area (Å²) in [7, 11) is -66.3. The lowest BCUT2D eigenvalue weighted by Gasteiger charge is -2.64. The second kappa shape index (κ2) is 50.2. The fourth-order valence-electron chi connectivity index (χ4n) is 21.3. The van der Waals surface area contributed by atoms with Gasteiger partial charge in [0.25, 0.3) is 0 Å². The maximum absolute atomic E-state index is 16.0. The van der Waals surface area contributed by atoms with Crippen LogP contribution in [0.4, 0.5) is 0 Å². The van der Waals surface area contributed by atoms with Crippen LogP contribution in [0, 0.1) is 82.9 Å². The Kier molecular flexibility index (Phi) is 43.9. The number of esters is 2. The van der Waals surface area contributed by atoms with Crippen LogP contribution in [-0.2, 0) is 118 Å². The molecule has 1 atom stereocenters. The number of hydrogen-bond donors (Lipinski definition) is 0. The van der Waals surface area contributed by atoms with Gasteiger partial charge in [0, 0.05) is 97.1 Å². The van der Waals surface area contributed by atoms with E-state index in [-0.39, 0.29) is 95.4 Å². The van der Waals surface area contributed by atoms with Crippen molar-refractivity contribution < 1.29 is 118 Å². The molecular formula is C90H190O28Si16. The third kappa shape index (κ3) is 33.2. The number of carbonyl (C=O) groups is 2. The SMILES string of the molecule is CCCCCCCCCC(C(=O)OCCCCCCCCCCCCOC(=O)CCCCCCCCCC[Si]12O[Si]3(CC(C)C)O[Si]4(CC(C)C)O[Si](CC(C)C)(O1)O[Si]1(CC(C)C)O[Si](CC(C)C)(O2)O[Si](CC(C)C)(O3)O[Si](CC(C)C)(O4)O1)[Si]12O[Si]3(CC(C)C)O[Si]4(CC(C)C)O[Si]5(CC(C)C)O[Si](CC(C)C)(O3)O[Si](CC(C)C)(O[Si](CC(C)C)(O5)O[Si](CC(C)C)(O4)O1)O2. The summed E-state index contributed by atoms with van der Waals surface area (Å²) in [6.07, 6.45) is 26.0. The first kappa shape index (κ1) is 117. The average molecular weight is 2170 g/mol. The molecule has 12 rings (SSSR count). The predicted octanol–water partition coefficient (Wildman–Crippen LogP) is 25.7. The van der Waals surface area contributed by atoms with Crippen LogP contribution in [0.5, 0.6) is 0 Å². The van der Waals surface area contributed by atoms with Crippen LogP contribution in [-0.4, -0.2) is 166 Å². The molecule has 0 aromatic carbocycles. The minimum atomic E-state index is -4.74. The molecule has 0 spiro atoms. The van der Waals surface area contributed by atoms with E-state index < -0.39 is 152 Å². The van der Waals surface area contributed by atoms with E-state index in [0.29, 0.717) is 123 Å². The molecular weight excluding hydrogens is 1980 g/mol. The van der Waals surface area contributed by atoms with E-state index in [1.807, 2.05) is 0 Å². The third-order valence-electron chi connectivity index (χ3n) is 25.1. The summed E-state index contributed by atoms with van der Waals surface area (Å²) in [5.74, 6) is 0.205. The second-order valence-electron chi connectivity index (χ2n) is 47.4. The molecule has 28 nitrogen and oxygen atoms in total. The van der Waals surface area contributed by atoms with Crippen LogP contribution in [0.3, 0.4) is 0 Å². The van der Waals surface area contributed by atoms with Gasteiger partial charge in [-0.2, -0.15) is 0 Å². The molecule has 12 heterocycles. The van der Waals surface area contributed by atoms with E-state index in [4.69, 9.17) is 108 Å². The van der Waals surface area contributed by atoms with Crippen molar-refractivity contribution in [3.63, 3.8) is 0 Å². The second-order valence-corrected chi connectivity index (χ2v) is 95.6. The highest BCUT2D eigenvalue weighted by Gasteiger charge is 2.87. The quantitative estimate of drug-likeness (QED) is 0.0311. The van der Waals surface area contributed by atoms with Crippen LogP contribution in [0.2, 0.25) is 96.2 Å². The molecule has 0 aromatic heterocycles. The van der Waals surface area contributed by atoms with E-state index in [1.165, 1.54) is 12.8 Å². The first-order valence-corrected chi connectivity index (χ1v) is 84.7. The Morgan fingerprint density at radius 2 is 0.366 bits per heavy atom. The van der Waals surface area contributed by atoms with Gasteiger partial charge in [-0.3, -0.25) is 9.59 Å². The normalized spacial score (nSPS) is 35.5. The highest BCUT2D eigenvalue weighted by Crippen LogP contribution is 2.61. The average Bonchev–Trinajstić information content (AvgIpc) is 0.686. The number of ether oxygens (including phenoxy) is 2. The third-order valence-corrected chi connectivity index (χ3v) is 105. The summed E-state index contributed by atoms with van der Waals surface area (Å²) in [5.41, 5.74) is -1.02. The molecule has 44 heteroatoms. The molecule has 12 fully saturated rings. The fourth-order valence-corrected chi connectivity index (χ4v) is 125. The van der Waals surface area contributed by atoms with Crippen LogP contribution in [0.15, 0.2) is 0 Å². The van der Waals surface area contributed by atoms with Gasteiger partial charge in [0.05, 0.1) is 13.2 Å². The lowest BCUT2D eigenvalue weighted by Crippen LogP contribution is -2.89. The molecule has 134 heavy (non-hydrogen) atoms. The van der Waals surface area contributed by atoms with Gasteiger partial charge in [0.2, 0.25) is 0 Å². The highest BCUT2D eigenvalue weighted by molar-refractivity contribution is 7.06. The maximum atomic E-state index is 16.0. The lowest BCUT2D eigenvalue weighted by atomic mass is 10.1. The highest BCUT2D eigenvalue weighted by atomic mass is 28.6. The van der Waals surface area contributed by atoms with Crippen molar-refractivity contribution in [1.82, 2.24) is 0 Å². The molecule has 0 radical (unpaired) electrons. The summed E-state index contributed by atoms with van der Waals surface area (Å²) >= 11 is 0. The van der Waals surface area contributed by atoms with Gasteiger partial charge in [-0.05, 0) is 115 Å². The van der Waals surface area contributed by atoms with Crippen molar-refractivity contribution in [2.45, 2.75) is 470 Å². The van der Waals surface area contributed by atoms with Gasteiger partial charge in [-0.25, -0.2) is 0 Å². The van der Waals surface area contributed by atoms with Crippen molar-refractivity contribution in [3.8, 4) is 0 Å². The molecule has 12 aliphatic heterocycles. The van der Waals surface area contributed by atoms with Crippen molar-refractivity contribution in [2.24, 2.45) is 82.9 Å². The molecule has 0 aliphatic carbocycles. The Morgan fingerprint density at radius 3 is 0.582 bits per heavy atom. The molecule has 12 aliphatic rings. The molecule has 1 unspecified atom stereocenters. The summed E-state index contributed by atoms with van der Waals surface area (Å²) < 4.78 is 205. The van der Waals surface area contributed by atoms with Crippen molar-refractivity contribution in [3.05, 3.63) is 0 Å². The van der Waals surface area contributed by atoms with E-state index in [2.05, 4.69) is 201 Å². The van der Waals surface area contributed by atoms with Crippen molar-refractivity contribution in [1.29, 1.82) is 0 Å². The summed E-state index contributed by atoms with van der Waals surface area (Å²) in [5, 5.41) is 0. The van der Waals surface area contributed by atoms with Crippen LogP contribution in [0.1, 0.15) is 374 Å². The Bertz CT molecular complexity index is 3280. The topological polar surface area (TPSA) is 274 Å². The number of unbranched alkanes of at least 4 members (excludes halogenated alkanes) is 22. The van der Waals surface area contributed by atoms with Crippen molar-refractivity contribution in [2.75, 3.05) is 13.2 Å². The van der Waals surface area contributed by atoms with Gasteiger partial charge in [-0.1, -0.05) is 336 Å². The molecule has 0 amide bonds. The van der Waals surface area contributed by atoms with E-state index >= 15 is 4.79 Å². The van der Waals surface area contributed by atoms with Gasteiger partial charge < -0.3 is 108 Å². The largest absolute Gasteiger partial charge is 0.493 e. The van der Waals surface area contributed by atoms with E-state index in [0.717, 1.165) is 135 Å². The van der Waals surface area contributed by atoms with Crippen molar-refractivity contribution >= 4 is 153 Å². The minimum absolute atomic E-state index is 0.0250. The Balaban J connectivity index is 0.716. The summed E-state index contributed by atoms with van der Waals surface area (Å²) in [6, 6.07) is 6.42. The molecule has 782 valence electrons. The van der Waals surface area contributed by atoms with Gasteiger partial charge in [0.1, 0.15) is 5.54 Å². The maximum Gasteiger partial charge on any atom is 0.493 e. The van der Waals surface area contributed by atoms with Crippen LogP contribution < -0.4 is 0 Å². The van der Waals surface area contributed by atoms with Gasteiger partial charge >= 0.3 is 153 Å². The lowest BCUT2D eigenvalue weighted by molar-refractivity contribution is -0.146. The summed E-state index contributed by atoms with van der Waals surface area (Å²) in [6.45, 7) is 63.8. The molecule has 0 saturated carbocycles. The summed E-state index contributed by atoms with van der Waals surface area (Å²) in [4.78, 5) is 29.1. The minimum Gasteiger partial charge on any atom is -0.466 e. The zero-order chi connectivity index (χ0) is 98.3. The molecule has 12 saturated heterocycles.